The minimum absolute atomic E-state index is 0.0900. The molecular weight excluding hydrogens is 949 g/mol. The van der Waals surface area contributed by atoms with Gasteiger partial charge in [-0.15, -0.1) is 0 Å². The average molecular weight is 1070 g/mol. The molecule has 0 amide bonds. The van der Waals surface area contributed by atoms with Gasteiger partial charge in [-0.1, -0.05) is 265 Å². The van der Waals surface area contributed by atoms with Gasteiger partial charge in [0.15, 0.2) is 6.10 Å². The molecule has 77 heavy (non-hydrogen) atoms. The van der Waals surface area contributed by atoms with Gasteiger partial charge in [-0.25, -0.2) is 0 Å². The Morgan fingerprint density at radius 1 is 0.273 bits per heavy atom. The summed E-state index contributed by atoms with van der Waals surface area (Å²) in [5.74, 6) is -0.913. The van der Waals surface area contributed by atoms with Crippen LogP contribution in [0.2, 0.25) is 0 Å². The number of rotatable bonds is 58. The van der Waals surface area contributed by atoms with Crippen LogP contribution in [-0.4, -0.2) is 37.2 Å². The van der Waals surface area contributed by atoms with Gasteiger partial charge in [-0.2, -0.15) is 0 Å². The summed E-state index contributed by atoms with van der Waals surface area (Å²) in [5, 5.41) is 0. The van der Waals surface area contributed by atoms with Crippen LogP contribution >= 0.6 is 0 Å². The lowest BCUT2D eigenvalue weighted by Crippen LogP contribution is -2.30. The van der Waals surface area contributed by atoms with Crippen LogP contribution < -0.4 is 0 Å². The number of unbranched alkanes of at least 4 members (excludes halogenated alkanes) is 29. The van der Waals surface area contributed by atoms with Crippen LogP contribution in [0, 0.1) is 0 Å². The molecule has 1 unspecified atom stereocenters. The topological polar surface area (TPSA) is 78.9 Å². The van der Waals surface area contributed by atoms with Crippen molar-refractivity contribution in [2.75, 3.05) is 13.2 Å². The summed E-state index contributed by atoms with van der Waals surface area (Å²) in [4.78, 5) is 38.3. The van der Waals surface area contributed by atoms with Crippen LogP contribution in [0.3, 0.4) is 0 Å². The van der Waals surface area contributed by atoms with Gasteiger partial charge < -0.3 is 14.2 Å². The largest absolute Gasteiger partial charge is 0.462 e. The van der Waals surface area contributed by atoms with E-state index in [1.165, 1.54) is 122 Å². The Morgan fingerprint density at radius 2 is 0.506 bits per heavy atom. The van der Waals surface area contributed by atoms with Gasteiger partial charge >= 0.3 is 17.9 Å². The Balaban J connectivity index is 4.35. The van der Waals surface area contributed by atoms with Gasteiger partial charge in [-0.05, 0) is 128 Å². The summed E-state index contributed by atoms with van der Waals surface area (Å²) in [6.07, 6.45) is 88.0. The summed E-state index contributed by atoms with van der Waals surface area (Å²) in [6.45, 7) is 6.49. The van der Waals surface area contributed by atoms with E-state index in [1.54, 1.807) is 0 Å². The SMILES string of the molecule is CC/C=C\C/C=C\C/C=C\C/C=C\C/C=C\CCCCCCCCCCCCCC(=O)OCC(COC(=O)CCCCCCC/C=C\C/C=C\CCCCCC)OC(=O)CCCCCCC/C=C\C/C=C\CCCCCC. The standard InChI is InChI=1S/C71H120O6/c1-4-7-10-13-16-19-22-25-28-31-32-33-34-35-36-37-38-39-40-41-44-46-49-52-55-58-61-64-70(73)76-67-68(77-71(74)65-62-59-56-53-50-47-43-30-27-24-21-18-15-12-9-6-3)66-75-69(72)63-60-57-54-51-48-45-42-29-26-23-20-17-14-11-8-5-2/h7,10,16,19-21,23-25,28-30,32-33,35-36,42-43,68H,4-6,8-9,11-15,17-18,22,26-27,31,34,37-41,44-67H2,1-3H3/b10-7-,19-16-,23-20-,24-21-,28-25-,33-32-,36-35-,42-29-,43-30-. The van der Waals surface area contributed by atoms with E-state index in [0.717, 1.165) is 141 Å². The number of hydrogen-bond acceptors (Lipinski definition) is 6. The van der Waals surface area contributed by atoms with Crippen molar-refractivity contribution in [3.63, 3.8) is 0 Å². The van der Waals surface area contributed by atoms with Crippen LogP contribution in [0.15, 0.2) is 109 Å². The molecule has 0 aromatic heterocycles. The van der Waals surface area contributed by atoms with Gasteiger partial charge in [-0.3, -0.25) is 14.4 Å². The van der Waals surface area contributed by atoms with Crippen LogP contribution in [0.25, 0.3) is 0 Å². The highest BCUT2D eigenvalue weighted by molar-refractivity contribution is 5.71. The van der Waals surface area contributed by atoms with Crippen LogP contribution in [0.1, 0.15) is 303 Å². The first-order chi connectivity index (χ1) is 38.0. The maximum Gasteiger partial charge on any atom is 0.306 e. The highest BCUT2D eigenvalue weighted by Crippen LogP contribution is 2.15. The van der Waals surface area contributed by atoms with Gasteiger partial charge in [0.05, 0.1) is 0 Å². The van der Waals surface area contributed by atoms with E-state index >= 15 is 0 Å². The molecule has 0 N–H and O–H groups in total. The highest BCUT2D eigenvalue weighted by Gasteiger charge is 2.19. The smallest absolute Gasteiger partial charge is 0.306 e. The minimum atomic E-state index is -0.795. The minimum Gasteiger partial charge on any atom is -0.462 e. The summed E-state index contributed by atoms with van der Waals surface area (Å²) in [6, 6.07) is 0. The van der Waals surface area contributed by atoms with Gasteiger partial charge in [0.1, 0.15) is 13.2 Å². The normalized spacial score (nSPS) is 12.8. The monoisotopic (exact) mass is 1070 g/mol. The maximum atomic E-state index is 12.9. The van der Waals surface area contributed by atoms with Crippen LogP contribution in [0.4, 0.5) is 0 Å². The van der Waals surface area contributed by atoms with E-state index in [9.17, 15) is 14.4 Å². The van der Waals surface area contributed by atoms with Crippen molar-refractivity contribution in [1.82, 2.24) is 0 Å². The fraction of sp³-hybridized carbons (Fsp3) is 0.704. The zero-order chi connectivity index (χ0) is 55.7. The van der Waals surface area contributed by atoms with E-state index in [4.69, 9.17) is 14.2 Å². The fourth-order valence-corrected chi connectivity index (χ4v) is 8.88. The molecule has 6 heteroatoms. The summed E-state index contributed by atoms with van der Waals surface area (Å²) in [5.41, 5.74) is 0. The lowest BCUT2D eigenvalue weighted by molar-refractivity contribution is -0.167. The van der Waals surface area contributed by atoms with Gasteiger partial charge in [0, 0.05) is 19.3 Å². The molecule has 0 aliphatic rings. The first kappa shape index (κ1) is 73.1. The molecule has 0 aromatic rings. The maximum absolute atomic E-state index is 12.9. The second-order valence-electron chi connectivity index (χ2n) is 21.3. The number of hydrogen-bond donors (Lipinski definition) is 0. The predicted molar refractivity (Wildman–Crippen MR) is 334 cm³/mol. The second-order valence-corrected chi connectivity index (χ2v) is 21.3. The Labute approximate surface area is 476 Å². The zero-order valence-corrected chi connectivity index (χ0v) is 50.4. The quantitative estimate of drug-likeness (QED) is 0.0261. The molecule has 0 aliphatic heterocycles. The third kappa shape index (κ3) is 62.8. The molecule has 0 radical (unpaired) electrons. The lowest BCUT2D eigenvalue weighted by atomic mass is 10.0. The molecule has 0 fully saturated rings. The van der Waals surface area contributed by atoms with Gasteiger partial charge in [0.25, 0.3) is 0 Å². The molecule has 0 heterocycles. The Hall–Kier alpha value is -3.93. The third-order valence-electron chi connectivity index (χ3n) is 13.7. The first-order valence-electron chi connectivity index (χ1n) is 32.4. The van der Waals surface area contributed by atoms with Crippen molar-refractivity contribution in [3.05, 3.63) is 109 Å². The zero-order valence-electron chi connectivity index (χ0n) is 50.4. The van der Waals surface area contributed by atoms with Crippen molar-refractivity contribution in [3.8, 4) is 0 Å². The van der Waals surface area contributed by atoms with Gasteiger partial charge in [0.2, 0.25) is 0 Å². The van der Waals surface area contributed by atoms with Crippen molar-refractivity contribution in [2.45, 2.75) is 309 Å². The van der Waals surface area contributed by atoms with Crippen LogP contribution in [-0.2, 0) is 28.6 Å². The molecule has 0 saturated carbocycles. The molecule has 0 saturated heterocycles. The third-order valence-corrected chi connectivity index (χ3v) is 13.7. The van der Waals surface area contributed by atoms with E-state index in [-0.39, 0.29) is 31.1 Å². The summed E-state index contributed by atoms with van der Waals surface area (Å²) in [7, 11) is 0. The lowest BCUT2D eigenvalue weighted by Gasteiger charge is -2.18. The van der Waals surface area contributed by atoms with E-state index in [2.05, 4.69) is 130 Å². The van der Waals surface area contributed by atoms with Crippen LogP contribution in [0.5, 0.6) is 0 Å². The van der Waals surface area contributed by atoms with E-state index < -0.39 is 6.10 Å². The molecule has 0 aliphatic carbocycles. The highest BCUT2D eigenvalue weighted by atomic mass is 16.6. The molecule has 6 nitrogen and oxygen atoms in total. The first-order valence-corrected chi connectivity index (χ1v) is 32.4. The molecule has 0 spiro atoms. The number of carbonyl (C=O) groups excluding carboxylic acids is 3. The van der Waals surface area contributed by atoms with Crippen molar-refractivity contribution < 1.29 is 28.6 Å². The van der Waals surface area contributed by atoms with Crippen molar-refractivity contribution in [2.24, 2.45) is 0 Å². The number of ether oxygens (including phenoxy) is 3. The molecule has 0 bridgehead atoms. The molecule has 0 aromatic carbocycles. The average Bonchev–Trinajstić information content (AvgIpc) is 3.43. The van der Waals surface area contributed by atoms with E-state index in [0.29, 0.717) is 19.3 Å². The Morgan fingerprint density at radius 3 is 0.792 bits per heavy atom. The second kappa shape index (κ2) is 64.6. The predicted octanol–water partition coefficient (Wildman–Crippen LogP) is 22.2. The number of esters is 3. The summed E-state index contributed by atoms with van der Waals surface area (Å²) >= 11 is 0. The molecular formula is C71H120O6. The Kier molecular flexibility index (Phi) is 61.3. The number of allylic oxidation sites excluding steroid dienone is 18. The van der Waals surface area contributed by atoms with Crippen molar-refractivity contribution in [1.29, 1.82) is 0 Å². The molecule has 1 atom stereocenters. The Bertz CT molecular complexity index is 1560. The van der Waals surface area contributed by atoms with Crippen molar-refractivity contribution >= 4 is 17.9 Å². The summed E-state index contributed by atoms with van der Waals surface area (Å²) < 4.78 is 16.9. The molecule has 0 rings (SSSR count). The fourth-order valence-electron chi connectivity index (χ4n) is 8.88. The number of carbonyl (C=O) groups is 3. The van der Waals surface area contributed by atoms with E-state index in [1.807, 2.05) is 0 Å². The molecule has 440 valence electrons.